The molecule has 0 amide bonds. The molecule has 9 heteroatoms. The summed E-state index contributed by atoms with van der Waals surface area (Å²) in [7, 11) is 0. The van der Waals surface area contributed by atoms with Crippen LogP contribution in [-0.4, -0.2) is 53.8 Å². The SMILES string of the molecule is N#Cc1ccc(C(N2C3CCC2CN(c2ncnc4[nH]ccc24)C3)S(=O)O)cc1. The highest BCUT2D eigenvalue weighted by atomic mass is 32.2. The molecule has 2 aromatic heterocycles. The van der Waals surface area contributed by atoms with Gasteiger partial charge >= 0.3 is 0 Å². The van der Waals surface area contributed by atoms with E-state index in [4.69, 9.17) is 5.26 Å². The van der Waals surface area contributed by atoms with Crippen molar-refractivity contribution in [2.45, 2.75) is 30.3 Å². The van der Waals surface area contributed by atoms with Crippen LogP contribution in [0, 0.1) is 11.3 Å². The minimum Gasteiger partial charge on any atom is -0.353 e. The third kappa shape index (κ3) is 3.09. The van der Waals surface area contributed by atoms with E-state index in [1.165, 1.54) is 0 Å². The van der Waals surface area contributed by atoms with Gasteiger partial charge in [-0.15, -0.1) is 0 Å². The number of rotatable bonds is 4. The Morgan fingerprint density at radius 3 is 2.55 bits per heavy atom. The average Bonchev–Trinajstić information content (AvgIpc) is 3.30. The monoisotopic (exact) mass is 408 g/mol. The lowest BCUT2D eigenvalue weighted by molar-refractivity contribution is 0.148. The molecule has 1 aromatic carbocycles. The molecule has 0 radical (unpaired) electrons. The average molecular weight is 408 g/mol. The molecule has 5 rings (SSSR count). The van der Waals surface area contributed by atoms with Crippen LogP contribution < -0.4 is 4.90 Å². The summed E-state index contributed by atoms with van der Waals surface area (Å²) in [6.07, 6.45) is 5.40. The second-order valence-corrected chi connectivity index (χ2v) is 8.54. The van der Waals surface area contributed by atoms with Crippen LogP contribution in [-0.2, 0) is 11.1 Å². The summed E-state index contributed by atoms with van der Waals surface area (Å²) >= 11 is -2.04. The summed E-state index contributed by atoms with van der Waals surface area (Å²) in [5.41, 5.74) is 2.13. The number of anilines is 1. The van der Waals surface area contributed by atoms with E-state index in [9.17, 15) is 8.76 Å². The molecule has 2 aliphatic rings. The van der Waals surface area contributed by atoms with Crippen molar-refractivity contribution in [3.05, 3.63) is 54.0 Å². The zero-order chi connectivity index (χ0) is 20.0. The van der Waals surface area contributed by atoms with Crippen LogP contribution in [0.3, 0.4) is 0 Å². The van der Waals surface area contributed by atoms with Crippen molar-refractivity contribution in [2.24, 2.45) is 0 Å². The van der Waals surface area contributed by atoms with Crippen LogP contribution in [0.4, 0.5) is 5.82 Å². The Labute approximate surface area is 170 Å². The number of nitriles is 1. The first-order valence-corrected chi connectivity index (χ1v) is 10.7. The number of piperazine rings is 1. The third-order valence-electron chi connectivity index (χ3n) is 5.96. The predicted octanol–water partition coefficient (Wildman–Crippen LogP) is 2.40. The number of nitrogens with zero attached hydrogens (tertiary/aromatic N) is 5. The Balaban J connectivity index is 1.45. The number of aromatic amines is 1. The summed E-state index contributed by atoms with van der Waals surface area (Å²) in [5.74, 6) is 0.910. The molecule has 2 bridgehead atoms. The van der Waals surface area contributed by atoms with Crippen LogP contribution in [0.15, 0.2) is 42.9 Å². The highest BCUT2D eigenvalue weighted by molar-refractivity contribution is 7.79. The van der Waals surface area contributed by atoms with Crippen LogP contribution in [0.1, 0.15) is 29.3 Å². The number of aromatic nitrogens is 3. The standard InChI is InChI=1S/C20H20N6O2S/c21-9-13-1-3-14(4-2-13)20(29(27)28)26-15-5-6-16(26)11-25(10-15)19-17-7-8-22-18(17)23-12-24-19/h1-4,7-8,12,15-16,20H,5-6,10-11H2,(H,27,28)(H,22,23,24). The van der Waals surface area contributed by atoms with Gasteiger partial charge in [-0.25, -0.2) is 14.2 Å². The lowest BCUT2D eigenvalue weighted by atomic mass is 10.1. The summed E-state index contributed by atoms with van der Waals surface area (Å²) in [4.78, 5) is 16.4. The van der Waals surface area contributed by atoms with E-state index in [1.807, 2.05) is 12.3 Å². The van der Waals surface area contributed by atoms with Gasteiger partial charge in [0.05, 0.1) is 17.0 Å². The molecule has 2 saturated heterocycles. The maximum Gasteiger partial charge on any atom is 0.175 e. The van der Waals surface area contributed by atoms with Crippen molar-refractivity contribution in [3.8, 4) is 6.07 Å². The van der Waals surface area contributed by atoms with Gasteiger partial charge in [-0.2, -0.15) is 5.26 Å². The molecule has 4 atom stereocenters. The van der Waals surface area contributed by atoms with Crippen molar-refractivity contribution >= 4 is 27.9 Å². The van der Waals surface area contributed by atoms with Crippen molar-refractivity contribution < 1.29 is 8.76 Å². The summed E-state index contributed by atoms with van der Waals surface area (Å²) in [6, 6.07) is 11.4. The summed E-state index contributed by atoms with van der Waals surface area (Å²) in [5, 5.41) is 9.43. The Bertz CT molecular complexity index is 1090. The smallest absolute Gasteiger partial charge is 0.175 e. The predicted molar refractivity (Wildman–Crippen MR) is 109 cm³/mol. The first-order valence-electron chi connectivity index (χ1n) is 9.56. The molecule has 2 aliphatic heterocycles. The second-order valence-electron chi connectivity index (χ2n) is 7.54. The third-order valence-corrected chi connectivity index (χ3v) is 6.86. The number of hydrogen-bond acceptors (Lipinski definition) is 6. The van der Waals surface area contributed by atoms with E-state index in [0.29, 0.717) is 5.56 Å². The van der Waals surface area contributed by atoms with E-state index in [2.05, 4.69) is 30.8 Å². The molecule has 0 saturated carbocycles. The van der Waals surface area contributed by atoms with Gasteiger partial charge in [-0.3, -0.25) is 4.90 Å². The molecular weight excluding hydrogens is 388 g/mol. The van der Waals surface area contributed by atoms with Gasteiger partial charge in [-0.1, -0.05) is 12.1 Å². The van der Waals surface area contributed by atoms with E-state index < -0.39 is 16.5 Å². The van der Waals surface area contributed by atoms with Gasteiger partial charge < -0.3 is 14.4 Å². The summed E-state index contributed by atoms with van der Waals surface area (Å²) < 4.78 is 22.5. The molecule has 2 fully saturated rings. The summed E-state index contributed by atoms with van der Waals surface area (Å²) in [6.45, 7) is 1.50. The molecule has 8 nitrogen and oxygen atoms in total. The lowest BCUT2D eigenvalue weighted by Crippen LogP contribution is -2.55. The van der Waals surface area contributed by atoms with Gasteiger partial charge in [0, 0.05) is 31.4 Å². The van der Waals surface area contributed by atoms with Gasteiger partial charge in [0.15, 0.2) is 11.1 Å². The van der Waals surface area contributed by atoms with E-state index in [0.717, 1.165) is 48.3 Å². The molecule has 3 aromatic rings. The Morgan fingerprint density at radius 1 is 1.17 bits per heavy atom. The molecule has 4 heterocycles. The number of H-pyrrole nitrogens is 1. The van der Waals surface area contributed by atoms with Crippen LogP contribution >= 0.6 is 0 Å². The van der Waals surface area contributed by atoms with Gasteiger partial charge in [0.1, 0.15) is 23.2 Å². The van der Waals surface area contributed by atoms with Crippen molar-refractivity contribution in [3.63, 3.8) is 0 Å². The largest absolute Gasteiger partial charge is 0.353 e. The highest BCUT2D eigenvalue weighted by Crippen LogP contribution is 2.40. The van der Waals surface area contributed by atoms with Crippen LogP contribution in [0.5, 0.6) is 0 Å². The molecule has 4 unspecified atom stereocenters. The van der Waals surface area contributed by atoms with E-state index in [1.54, 1.807) is 30.6 Å². The molecule has 0 spiro atoms. The highest BCUT2D eigenvalue weighted by Gasteiger charge is 2.46. The van der Waals surface area contributed by atoms with E-state index >= 15 is 0 Å². The first-order chi connectivity index (χ1) is 14.2. The lowest BCUT2D eigenvalue weighted by Gasteiger charge is -2.44. The molecule has 148 valence electrons. The zero-order valence-corrected chi connectivity index (χ0v) is 16.4. The topological polar surface area (TPSA) is 109 Å². The molecular formula is C20H20N6O2S. The maximum atomic E-state index is 12.3. The quantitative estimate of drug-likeness (QED) is 0.638. The Kier molecular flexibility index (Phi) is 4.54. The zero-order valence-electron chi connectivity index (χ0n) is 15.6. The molecule has 29 heavy (non-hydrogen) atoms. The fourth-order valence-electron chi connectivity index (χ4n) is 4.72. The number of nitrogens with one attached hydrogen (secondary N) is 1. The van der Waals surface area contributed by atoms with E-state index in [-0.39, 0.29) is 12.1 Å². The van der Waals surface area contributed by atoms with Gasteiger partial charge in [-0.05, 0) is 36.6 Å². The van der Waals surface area contributed by atoms with Crippen LogP contribution in [0.2, 0.25) is 0 Å². The number of benzene rings is 1. The van der Waals surface area contributed by atoms with Crippen LogP contribution in [0.25, 0.3) is 11.0 Å². The van der Waals surface area contributed by atoms with Crippen molar-refractivity contribution in [1.29, 1.82) is 5.26 Å². The fraction of sp³-hybridized carbons (Fsp3) is 0.350. The minimum atomic E-state index is -2.04. The molecule has 2 N–H and O–H groups in total. The van der Waals surface area contributed by atoms with Crippen molar-refractivity contribution in [1.82, 2.24) is 19.9 Å². The van der Waals surface area contributed by atoms with Crippen molar-refractivity contribution in [2.75, 3.05) is 18.0 Å². The minimum absolute atomic E-state index is 0.162. The second kappa shape index (κ2) is 7.22. The number of hydrogen-bond donors (Lipinski definition) is 2. The first kappa shape index (κ1) is 18.2. The number of fused-ring (bicyclic) bond motifs is 3. The Morgan fingerprint density at radius 2 is 1.90 bits per heavy atom. The molecule has 0 aliphatic carbocycles. The normalized spacial score (nSPS) is 23.8. The van der Waals surface area contributed by atoms with Gasteiger partial charge in [0.25, 0.3) is 0 Å². The Hall–Kier alpha value is -2.80. The maximum absolute atomic E-state index is 12.3. The fourth-order valence-corrected chi connectivity index (χ4v) is 5.66. The van der Waals surface area contributed by atoms with Gasteiger partial charge in [0.2, 0.25) is 0 Å².